The molecule has 1 N–H and O–H groups in total. The third-order valence-corrected chi connectivity index (χ3v) is 5.71. The van der Waals surface area contributed by atoms with Crippen LogP contribution in [0.3, 0.4) is 0 Å². The van der Waals surface area contributed by atoms with Gasteiger partial charge in [0.25, 0.3) is 5.91 Å². The minimum atomic E-state index is -0.0420. The van der Waals surface area contributed by atoms with E-state index in [2.05, 4.69) is 29.0 Å². The maximum Gasteiger partial charge on any atom is 0.254 e. The van der Waals surface area contributed by atoms with Crippen LogP contribution in [0.1, 0.15) is 46.3 Å². The molecule has 1 saturated heterocycles. The molecular formula is C21H21N5O. The van der Waals surface area contributed by atoms with Gasteiger partial charge in [-0.25, -0.2) is 0 Å². The molecule has 1 aliphatic heterocycles. The fraction of sp³-hybridized carbons (Fsp3) is 0.286. The van der Waals surface area contributed by atoms with Crippen LogP contribution in [0.25, 0.3) is 16.6 Å². The zero-order chi connectivity index (χ0) is 18.5. The number of pyridine rings is 1. The first kappa shape index (κ1) is 16.1. The van der Waals surface area contributed by atoms with Crippen LogP contribution < -0.4 is 0 Å². The van der Waals surface area contributed by atoms with E-state index in [4.69, 9.17) is 0 Å². The minimum absolute atomic E-state index is 0.0420. The number of nitrogens with one attached hydrogen (secondary N) is 1. The standard InChI is InChI=1S/C21H21N5O/c1-13-14(2)22-17-9-8-15(12-16(13)17)21(27)25-11-5-6-18(25)20-24-23-19-7-3-4-10-26(19)20/h3-4,7-10,12,18,22H,5-6,11H2,1-2H3. The van der Waals surface area contributed by atoms with Crippen molar-refractivity contribution in [2.45, 2.75) is 32.7 Å². The summed E-state index contributed by atoms with van der Waals surface area (Å²) in [6, 6.07) is 11.7. The largest absolute Gasteiger partial charge is 0.358 e. The summed E-state index contributed by atoms with van der Waals surface area (Å²) in [7, 11) is 0. The molecule has 4 aromatic rings. The summed E-state index contributed by atoms with van der Waals surface area (Å²) >= 11 is 0. The lowest BCUT2D eigenvalue weighted by molar-refractivity contribution is 0.0729. The molecule has 1 amide bonds. The van der Waals surface area contributed by atoms with Crippen molar-refractivity contribution >= 4 is 22.5 Å². The maximum absolute atomic E-state index is 13.3. The first-order chi connectivity index (χ1) is 13.1. The van der Waals surface area contributed by atoms with Gasteiger partial charge in [-0.1, -0.05) is 6.07 Å². The molecule has 3 aromatic heterocycles. The fourth-order valence-electron chi connectivity index (χ4n) is 4.13. The molecule has 27 heavy (non-hydrogen) atoms. The molecule has 1 aliphatic rings. The van der Waals surface area contributed by atoms with E-state index in [1.165, 1.54) is 5.56 Å². The van der Waals surface area contributed by atoms with Crippen LogP contribution in [0.4, 0.5) is 0 Å². The van der Waals surface area contributed by atoms with Gasteiger partial charge in [-0.05, 0) is 62.6 Å². The molecule has 1 unspecified atom stereocenters. The third-order valence-electron chi connectivity index (χ3n) is 5.71. The Morgan fingerprint density at radius 2 is 2.07 bits per heavy atom. The van der Waals surface area contributed by atoms with E-state index in [0.717, 1.165) is 53.0 Å². The summed E-state index contributed by atoms with van der Waals surface area (Å²) in [4.78, 5) is 18.6. The van der Waals surface area contributed by atoms with Gasteiger partial charge in [0, 0.05) is 34.9 Å². The molecule has 136 valence electrons. The predicted octanol–water partition coefficient (Wildman–Crippen LogP) is 3.80. The Morgan fingerprint density at radius 3 is 2.96 bits per heavy atom. The number of fused-ring (bicyclic) bond motifs is 2. The van der Waals surface area contributed by atoms with Gasteiger partial charge in [0.15, 0.2) is 11.5 Å². The third kappa shape index (κ3) is 2.44. The van der Waals surface area contributed by atoms with Gasteiger partial charge in [0.2, 0.25) is 0 Å². The molecule has 0 spiro atoms. The number of rotatable bonds is 2. The molecule has 0 aliphatic carbocycles. The average Bonchev–Trinajstić information content (AvgIpc) is 3.39. The Kier molecular flexibility index (Phi) is 3.53. The number of aryl methyl sites for hydroxylation is 2. The molecule has 0 saturated carbocycles. The number of nitrogens with zero attached hydrogens (tertiary/aromatic N) is 4. The molecular weight excluding hydrogens is 338 g/mol. The van der Waals surface area contributed by atoms with Crippen LogP contribution in [0.2, 0.25) is 0 Å². The zero-order valence-corrected chi connectivity index (χ0v) is 15.4. The van der Waals surface area contributed by atoms with E-state index in [1.54, 1.807) is 0 Å². The van der Waals surface area contributed by atoms with E-state index in [1.807, 2.05) is 51.9 Å². The van der Waals surface area contributed by atoms with Gasteiger partial charge >= 0.3 is 0 Å². The lowest BCUT2D eigenvalue weighted by Gasteiger charge is -2.23. The van der Waals surface area contributed by atoms with Crippen LogP contribution in [0, 0.1) is 13.8 Å². The van der Waals surface area contributed by atoms with Crippen LogP contribution in [0.15, 0.2) is 42.6 Å². The normalized spacial score (nSPS) is 17.3. The highest BCUT2D eigenvalue weighted by Gasteiger charge is 2.33. The second-order valence-electron chi connectivity index (χ2n) is 7.28. The molecule has 1 aromatic carbocycles. The quantitative estimate of drug-likeness (QED) is 0.592. The number of likely N-dealkylation sites (tertiary alicyclic amines) is 1. The number of carbonyl (C=O) groups excluding carboxylic acids is 1. The van der Waals surface area contributed by atoms with E-state index >= 15 is 0 Å². The second-order valence-corrected chi connectivity index (χ2v) is 7.28. The number of hydrogen-bond donors (Lipinski definition) is 1. The van der Waals surface area contributed by atoms with E-state index in [0.29, 0.717) is 0 Å². The average molecular weight is 359 g/mol. The molecule has 4 heterocycles. The Hall–Kier alpha value is -3.15. The summed E-state index contributed by atoms with van der Waals surface area (Å²) < 4.78 is 1.99. The van der Waals surface area contributed by atoms with Crippen molar-refractivity contribution < 1.29 is 4.79 Å². The Labute approximate surface area is 156 Å². The van der Waals surface area contributed by atoms with Gasteiger partial charge in [0.05, 0.1) is 6.04 Å². The highest BCUT2D eigenvalue weighted by molar-refractivity contribution is 5.99. The molecule has 5 rings (SSSR count). The van der Waals surface area contributed by atoms with Gasteiger partial charge < -0.3 is 9.88 Å². The minimum Gasteiger partial charge on any atom is -0.358 e. The van der Waals surface area contributed by atoms with Crippen LogP contribution in [-0.4, -0.2) is 36.9 Å². The van der Waals surface area contributed by atoms with Crippen LogP contribution in [0.5, 0.6) is 0 Å². The summed E-state index contributed by atoms with van der Waals surface area (Å²) in [5.74, 6) is 0.900. The van der Waals surface area contributed by atoms with E-state index in [-0.39, 0.29) is 11.9 Å². The smallest absolute Gasteiger partial charge is 0.254 e. The molecule has 1 atom stereocenters. The molecule has 0 radical (unpaired) electrons. The van der Waals surface area contributed by atoms with Crippen molar-refractivity contribution in [2.24, 2.45) is 0 Å². The summed E-state index contributed by atoms with van der Waals surface area (Å²) in [5.41, 5.74) is 4.95. The maximum atomic E-state index is 13.3. The lowest BCUT2D eigenvalue weighted by Crippen LogP contribution is -2.31. The topological polar surface area (TPSA) is 66.3 Å². The molecule has 1 fully saturated rings. The summed E-state index contributed by atoms with van der Waals surface area (Å²) in [5, 5.41) is 9.75. The van der Waals surface area contributed by atoms with Gasteiger partial charge in [-0.15, -0.1) is 10.2 Å². The predicted molar refractivity (Wildman–Crippen MR) is 104 cm³/mol. The second kappa shape index (κ2) is 5.94. The summed E-state index contributed by atoms with van der Waals surface area (Å²) in [6.07, 6.45) is 3.85. The Bertz CT molecular complexity index is 1170. The Morgan fingerprint density at radius 1 is 1.19 bits per heavy atom. The number of amides is 1. The van der Waals surface area contributed by atoms with Gasteiger partial charge in [-0.3, -0.25) is 9.20 Å². The number of hydrogen-bond acceptors (Lipinski definition) is 3. The number of H-pyrrole nitrogens is 1. The molecule has 0 bridgehead atoms. The number of benzene rings is 1. The van der Waals surface area contributed by atoms with E-state index in [9.17, 15) is 4.79 Å². The lowest BCUT2D eigenvalue weighted by atomic mass is 10.1. The molecule has 6 heteroatoms. The SMILES string of the molecule is Cc1[nH]c2ccc(C(=O)N3CCCC3c3nnc4ccccn34)cc2c1C. The van der Waals surface area contributed by atoms with Gasteiger partial charge in [0.1, 0.15) is 0 Å². The van der Waals surface area contributed by atoms with Crippen molar-refractivity contribution in [2.75, 3.05) is 6.54 Å². The van der Waals surface area contributed by atoms with Crippen LogP contribution in [-0.2, 0) is 0 Å². The monoisotopic (exact) mass is 359 g/mol. The van der Waals surface area contributed by atoms with Gasteiger partial charge in [-0.2, -0.15) is 0 Å². The summed E-state index contributed by atoms with van der Waals surface area (Å²) in [6.45, 7) is 4.89. The van der Waals surface area contributed by atoms with Crippen molar-refractivity contribution in [1.82, 2.24) is 24.5 Å². The van der Waals surface area contributed by atoms with Crippen LogP contribution >= 0.6 is 0 Å². The number of aromatic nitrogens is 4. The van der Waals surface area contributed by atoms with Crippen molar-refractivity contribution in [1.29, 1.82) is 0 Å². The Balaban J connectivity index is 1.53. The first-order valence-corrected chi connectivity index (χ1v) is 9.33. The number of carbonyl (C=O) groups is 1. The van der Waals surface area contributed by atoms with Crippen molar-refractivity contribution in [3.05, 3.63) is 65.2 Å². The van der Waals surface area contributed by atoms with Crippen molar-refractivity contribution in [3.63, 3.8) is 0 Å². The van der Waals surface area contributed by atoms with Crippen molar-refractivity contribution in [3.8, 4) is 0 Å². The zero-order valence-electron chi connectivity index (χ0n) is 15.4. The van der Waals surface area contributed by atoms with E-state index < -0.39 is 0 Å². The first-order valence-electron chi connectivity index (χ1n) is 9.33. The molecule has 6 nitrogen and oxygen atoms in total. The highest BCUT2D eigenvalue weighted by atomic mass is 16.2. The highest BCUT2D eigenvalue weighted by Crippen LogP contribution is 2.33. The fourth-order valence-corrected chi connectivity index (χ4v) is 4.13. The number of aromatic amines is 1.